The van der Waals surface area contributed by atoms with Crippen LogP contribution in [0.2, 0.25) is 5.02 Å². The lowest BCUT2D eigenvalue weighted by atomic mass is 9.95. The van der Waals surface area contributed by atoms with Crippen LogP contribution in [0.5, 0.6) is 0 Å². The number of hydrogen-bond donors (Lipinski definition) is 1. The highest BCUT2D eigenvalue weighted by molar-refractivity contribution is 6.51. The summed E-state index contributed by atoms with van der Waals surface area (Å²) in [5.41, 5.74) is 2.16. The molecule has 0 aliphatic carbocycles. The molecule has 0 aromatic heterocycles. The van der Waals surface area contributed by atoms with Crippen LogP contribution < -0.4 is 4.90 Å². The van der Waals surface area contributed by atoms with Gasteiger partial charge in [0.05, 0.1) is 11.6 Å². The van der Waals surface area contributed by atoms with E-state index in [1.807, 2.05) is 13.0 Å². The SMILES string of the molecule is Cc1cccc(N2C(=O)C(=O)/C(=C(/O)c3cccc(Cl)c3)C2c2ccc(F)cc2)c1. The Bertz CT molecular complexity index is 1190. The Labute approximate surface area is 177 Å². The molecule has 1 aliphatic heterocycles. The summed E-state index contributed by atoms with van der Waals surface area (Å²) in [5, 5.41) is 11.4. The number of ketones is 1. The molecule has 0 spiro atoms. The normalized spacial score (nSPS) is 18.1. The summed E-state index contributed by atoms with van der Waals surface area (Å²) in [6, 6.07) is 18.1. The summed E-state index contributed by atoms with van der Waals surface area (Å²) in [6.45, 7) is 1.87. The van der Waals surface area contributed by atoms with Gasteiger partial charge in [-0.3, -0.25) is 14.5 Å². The predicted octanol–water partition coefficient (Wildman–Crippen LogP) is 5.41. The first-order valence-electron chi connectivity index (χ1n) is 9.26. The number of aliphatic hydroxyl groups is 1. The van der Waals surface area contributed by atoms with E-state index in [2.05, 4.69) is 0 Å². The lowest BCUT2D eigenvalue weighted by Gasteiger charge is -2.25. The van der Waals surface area contributed by atoms with Crippen molar-refractivity contribution >= 4 is 34.7 Å². The highest BCUT2D eigenvalue weighted by atomic mass is 35.5. The van der Waals surface area contributed by atoms with Gasteiger partial charge in [-0.2, -0.15) is 0 Å². The summed E-state index contributed by atoms with van der Waals surface area (Å²) in [6.07, 6.45) is 0. The molecule has 1 fully saturated rings. The minimum Gasteiger partial charge on any atom is -0.507 e. The molecule has 1 aliphatic rings. The first kappa shape index (κ1) is 19.9. The molecule has 1 unspecified atom stereocenters. The molecule has 1 N–H and O–H groups in total. The molecular weight excluding hydrogens is 405 g/mol. The molecule has 1 atom stereocenters. The van der Waals surface area contributed by atoms with Gasteiger partial charge in [0, 0.05) is 16.3 Å². The van der Waals surface area contributed by atoms with Crippen LogP contribution in [0.25, 0.3) is 5.76 Å². The lowest BCUT2D eigenvalue weighted by Crippen LogP contribution is -2.29. The standard InChI is InChI=1S/C24H17ClFNO3/c1-14-4-2-7-19(12-14)27-21(15-8-10-18(26)11-9-15)20(23(29)24(27)30)22(28)16-5-3-6-17(25)13-16/h2-13,21,28H,1H3/b22-20+. The summed E-state index contributed by atoms with van der Waals surface area (Å²) < 4.78 is 13.5. The minimum atomic E-state index is -0.911. The molecule has 6 heteroatoms. The molecule has 0 radical (unpaired) electrons. The number of aliphatic hydroxyl groups excluding tert-OH is 1. The van der Waals surface area contributed by atoms with Gasteiger partial charge in [0.15, 0.2) is 0 Å². The van der Waals surface area contributed by atoms with Crippen molar-refractivity contribution in [3.05, 3.63) is 106 Å². The number of anilines is 1. The van der Waals surface area contributed by atoms with E-state index in [1.54, 1.807) is 36.4 Å². The topological polar surface area (TPSA) is 57.6 Å². The Kier molecular flexibility index (Phi) is 5.14. The third-order valence-electron chi connectivity index (χ3n) is 5.01. The average molecular weight is 422 g/mol. The number of halogens is 2. The Morgan fingerprint density at radius 1 is 1.00 bits per heavy atom. The Balaban J connectivity index is 1.96. The fraction of sp³-hybridized carbons (Fsp3) is 0.0833. The molecule has 3 aromatic carbocycles. The van der Waals surface area contributed by atoms with E-state index in [9.17, 15) is 19.1 Å². The molecule has 3 aromatic rings. The van der Waals surface area contributed by atoms with Crippen LogP contribution in [0.1, 0.15) is 22.7 Å². The lowest BCUT2D eigenvalue weighted by molar-refractivity contribution is -0.132. The number of benzene rings is 3. The van der Waals surface area contributed by atoms with Gasteiger partial charge in [-0.1, -0.05) is 48.0 Å². The summed E-state index contributed by atoms with van der Waals surface area (Å²) in [4.78, 5) is 27.4. The van der Waals surface area contributed by atoms with E-state index in [1.165, 1.54) is 35.2 Å². The maximum absolute atomic E-state index is 13.5. The second-order valence-corrected chi connectivity index (χ2v) is 7.51. The quantitative estimate of drug-likeness (QED) is 0.349. The Hall–Kier alpha value is -3.44. The van der Waals surface area contributed by atoms with Crippen molar-refractivity contribution in [1.82, 2.24) is 0 Å². The molecule has 0 bridgehead atoms. The average Bonchev–Trinajstić information content (AvgIpc) is 2.99. The molecule has 150 valence electrons. The van der Waals surface area contributed by atoms with E-state index in [-0.39, 0.29) is 11.3 Å². The summed E-state index contributed by atoms with van der Waals surface area (Å²) >= 11 is 6.04. The molecular formula is C24H17ClFNO3. The van der Waals surface area contributed by atoms with Crippen molar-refractivity contribution < 1.29 is 19.1 Å². The number of nitrogens with zero attached hydrogens (tertiary/aromatic N) is 1. The smallest absolute Gasteiger partial charge is 0.300 e. The van der Waals surface area contributed by atoms with Crippen molar-refractivity contribution in [2.24, 2.45) is 0 Å². The number of amides is 1. The van der Waals surface area contributed by atoms with Gasteiger partial charge in [-0.25, -0.2) is 4.39 Å². The first-order valence-corrected chi connectivity index (χ1v) is 9.63. The van der Waals surface area contributed by atoms with Crippen LogP contribution in [0.4, 0.5) is 10.1 Å². The summed E-state index contributed by atoms with van der Waals surface area (Å²) in [5.74, 6) is -2.36. The second-order valence-electron chi connectivity index (χ2n) is 7.07. The van der Waals surface area contributed by atoms with E-state index >= 15 is 0 Å². The number of Topliss-reactive ketones (excluding diaryl/α,β-unsaturated/α-hetero) is 1. The van der Waals surface area contributed by atoms with Crippen molar-refractivity contribution in [1.29, 1.82) is 0 Å². The Morgan fingerprint density at radius 2 is 1.70 bits per heavy atom. The third-order valence-corrected chi connectivity index (χ3v) is 5.24. The molecule has 4 nitrogen and oxygen atoms in total. The number of rotatable bonds is 3. The van der Waals surface area contributed by atoms with Crippen LogP contribution in [0.15, 0.2) is 78.4 Å². The zero-order chi connectivity index (χ0) is 21.4. The predicted molar refractivity (Wildman–Crippen MR) is 114 cm³/mol. The van der Waals surface area contributed by atoms with E-state index < -0.39 is 23.5 Å². The van der Waals surface area contributed by atoms with Gasteiger partial charge in [0.1, 0.15) is 11.6 Å². The number of aryl methyl sites for hydroxylation is 1. The fourth-order valence-corrected chi connectivity index (χ4v) is 3.82. The highest BCUT2D eigenvalue weighted by Gasteiger charge is 2.47. The van der Waals surface area contributed by atoms with Crippen LogP contribution >= 0.6 is 11.6 Å². The molecule has 4 rings (SSSR count). The van der Waals surface area contributed by atoms with E-state index in [0.717, 1.165) is 5.56 Å². The van der Waals surface area contributed by atoms with Crippen molar-refractivity contribution in [3.63, 3.8) is 0 Å². The summed E-state index contributed by atoms with van der Waals surface area (Å²) in [7, 11) is 0. The van der Waals surface area contributed by atoms with Gasteiger partial charge >= 0.3 is 0 Å². The van der Waals surface area contributed by atoms with Gasteiger partial charge in [-0.05, 0) is 54.4 Å². The van der Waals surface area contributed by atoms with Gasteiger partial charge in [0.2, 0.25) is 0 Å². The van der Waals surface area contributed by atoms with Crippen molar-refractivity contribution in [2.75, 3.05) is 4.90 Å². The number of carbonyl (C=O) groups excluding carboxylic acids is 2. The van der Waals surface area contributed by atoms with E-state index in [0.29, 0.717) is 21.8 Å². The van der Waals surface area contributed by atoms with Gasteiger partial charge in [0.25, 0.3) is 11.7 Å². The molecule has 1 amide bonds. The van der Waals surface area contributed by atoms with Crippen LogP contribution in [-0.4, -0.2) is 16.8 Å². The third kappa shape index (κ3) is 3.48. The maximum Gasteiger partial charge on any atom is 0.300 e. The number of carbonyl (C=O) groups is 2. The first-order chi connectivity index (χ1) is 14.4. The van der Waals surface area contributed by atoms with Crippen molar-refractivity contribution in [3.8, 4) is 0 Å². The van der Waals surface area contributed by atoms with Gasteiger partial charge in [-0.15, -0.1) is 0 Å². The minimum absolute atomic E-state index is 0.0737. The highest BCUT2D eigenvalue weighted by Crippen LogP contribution is 2.42. The molecule has 0 saturated carbocycles. The molecule has 1 saturated heterocycles. The van der Waals surface area contributed by atoms with Crippen LogP contribution in [0.3, 0.4) is 0 Å². The fourth-order valence-electron chi connectivity index (χ4n) is 3.63. The number of hydrogen-bond acceptors (Lipinski definition) is 3. The van der Waals surface area contributed by atoms with Crippen LogP contribution in [-0.2, 0) is 9.59 Å². The van der Waals surface area contributed by atoms with E-state index in [4.69, 9.17) is 11.6 Å². The van der Waals surface area contributed by atoms with Crippen LogP contribution in [0, 0.1) is 12.7 Å². The zero-order valence-corrected chi connectivity index (χ0v) is 16.7. The second kappa shape index (κ2) is 7.76. The molecule has 30 heavy (non-hydrogen) atoms. The molecule has 1 heterocycles. The monoisotopic (exact) mass is 421 g/mol. The maximum atomic E-state index is 13.5. The largest absolute Gasteiger partial charge is 0.507 e. The Morgan fingerprint density at radius 3 is 2.37 bits per heavy atom. The van der Waals surface area contributed by atoms with Gasteiger partial charge < -0.3 is 5.11 Å². The van der Waals surface area contributed by atoms with Crippen molar-refractivity contribution in [2.45, 2.75) is 13.0 Å². The zero-order valence-electron chi connectivity index (χ0n) is 16.0.